The van der Waals surface area contributed by atoms with Gasteiger partial charge in [-0.2, -0.15) is 0 Å². The molecule has 0 rings (SSSR count). The number of carbonyl (C=O) groups is 1. The predicted molar refractivity (Wildman–Crippen MR) is 59.0 cm³/mol. The van der Waals surface area contributed by atoms with E-state index in [9.17, 15) is 13.6 Å². The molecule has 0 spiro atoms. The maximum absolute atomic E-state index is 11.7. The van der Waals surface area contributed by atoms with Gasteiger partial charge in [-0.3, -0.25) is 4.79 Å². The Labute approximate surface area is 102 Å². The van der Waals surface area contributed by atoms with E-state index in [1.165, 1.54) is 7.11 Å². The number of ether oxygens (including phenoxy) is 2. The lowest BCUT2D eigenvalue weighted by Gasteiger charge is -2.14. The highest BCUT2D eigenvalue weighted by Crippen LogP contribution is 1.95. The van der Waals surface area contributed by atoms with Crippen molar-refractivity contribution in [2.24, 2.45) is 0 Å². The Morgan fingerprint density at radius 3 is 2.62 bits per heavy atom. The van der Waals surface area contributed by atoms with Gasteiger partial charge in [-0.1, -0.05) is 15.9 Å². The molecule has 4 nitrogen and oxygen atoms in total. The monoisotopic (exact) mass is 303 g/mol. The van der Waals surface area contributed by atoms with Crippen LogP contribution in [0.5, 0.6) is 0 Å². The Bertz CT molecular complexity index is 196. The van der Waals surface area contributed by atoms with Gasteiger partial charge in [0.25, 0.3) is 6.43 Å². The van der Waals surface area contributed by atoms with E-state index in [1.54, 1.807) is 0 Å². The molecule has 7 heteroatoms. The average Bonchev–Trinajstić information content (AvgIpc) is 2.23. The first-order chi connectivity index (χ1) is 7.60. The third-order valence-electron chi connectivity index (χ3n) is 1.64. The van der Waals surface area contributed by atoms with E-state index >= 15 is 0 Å². The fourth-order valence-corrected chi connectivity index (χ4v) is 1.31. The van der Waals surface area contributed by atoms with Gasteiger partial charge in [-0.25, -0.2) is 8.78 Å². The molecule has 0 aromatic rings. The molecular formula is C9H16BrF2NO3. The summed E-state index contributed by atoms with van der Waals surface area (Å²) in [4.78, 5) is 11.3. The zero-order valence-electron chi connectivity index (χ0n) is 9.05. The van der Waals surface area contributed by atoms with Crippen LogP contribution in [0.3, 0.4) is 0 Å². The lowest BCUT2D eigenvalue weighted by atomic mass is 10.3. The van der Waals surface area contributed by atoms with E-state index in [4.69, 9.17) is 4.74 Å². The number of hydrogen-bond acceptors (Lipinski definition) is 3. The molecule has 0 saturated carbocycles. The summed E-state index contributed by atoms with van der Waals surface area (Å²) < 4.78 is 32.8. The molecule has 0 radical (unpaired) electrons. The highest BCUT2D eigenvalue weighted by molar-refractivity contribution is 9.09. The van der Waals surface area contributed by atoms with E-state index in [1.807, 2.05) is 0 Å². The number of methoxy groups -OCH3 is 1. The number of halogens is 3. The number of rotatable bonds is 9. The smallest absolute Gasteiger partial charge is 0.261 e. The molecule has 0 aliphatic carbocycles. The Balaban J connectivity index is 3.56. The third kappa shape index (κ3) is 8.99. The minimum Gasteiger partial charge on any atom is -0.383 e. The molecule has 0 saturated heterocycles. The van der Waals surface area contributed by atoms with Crippen molar-refractivity contribution in [3.63, 3.8) is 0 Å². The number of nitrogens with one attached hydrogen (secondary N) is 1. The van der Waals surface area contributed by atoms with Crippen LogP contribution in [0, 0.1) is 0 Å². The zero-order valence-corrected chi connectivity index (χ0v) is 10.6. The molecule has 0 heterocycles. The summed E-state index contributed by atoms with van der Waals surface area (Å²) in [5.74, 6) is -0.240. The van der Waals surface area contributed by atoms with Crippen molar-refractivity contribution in [1.82, 2.24) is 5.32 Å². The summed E-state index contributed by atoms with van der Waals surface area (Å²) in [5, 5.41) is 3.25. The van der Waals surface area contributed by atoms with Crippen molar-refractivity contribution in [3.05, 3.63) is 0 Å². The summed E-state index contributed by atoms with van der Waals surface area (Å²) in [5.41, 5.74) is 0. The van der Waals surface area contributed by atoms with E-state index in [2.05, 4.69) is 26.0 Å². The Morgan fingerprint density at radius 2 is 2.12 bits per heavy atom. The molecule has 16 heavy (non-hydrogen) atoms. The minimum atomic E-state index is -2.49. The van der Waals surface area contributed by atoms with Crippen LogP contribution in [0.4, 0.5) is 8.78 Å². The van der Waals surface area contributed by atoms with Gasteiger partial charge < -0.3 is 14.8 Å². The Hall–Kier alpha value is -0.270. The van der Waals surface area contributed by atoms with Crippen LogP contribution in [-0.2, 0) is 14.3 Å². The van der Waals surface area contributed by atoms with E-state index < -0.39 is 13.0 Å². The van der Waals surface area contributed by atoms with Crippen molar-refractivity contribution < 1.29 is 23.0 Å². The lowest BCUT2D eigenvalue weighted by molar-refractivity contribution is -0.123. The topological polar surface area (TPSA) is 47.6 Å². The molecule has 1 N–H and O–H groups in total. The van der Waals surface area contributed by atoms with Crippen molar-refractivity contribution in [1.29, 1.82) is 0 Å². The first kappa shape index (κ1) is 15.7. The molecule has 0 aliphatic heterocycles. The van der Waals surface area contributed by atoms with Crippen LogP contribution in [-0.4, -0.2) is 50.6 Å². The second kappa shape index (κ2) is 9.92. The van der Waals surface area contributed by atoms with Gasteiger partial charge in [0.15, 0.2) is 0 Å². The van der Waals surface area contributed by atoms with Crippen LogP contribution in [0.1, 0.15) is 6.42 Å². The highest BCUT2D eigenvalue weighted by Gasteiger charge is 2.10. The van der Waals surface area contributed by atoms with E-state index in [-0.39, 0.29) is 25.0 Å². The number of carbonyl (C=O) groups excluding carboxylic acids is 1. The predicted octanol–water partition coefficient (Wildman–Crippen LogP) is 1.18. The van der Waals surface area contributed by atoms with Gasteiger partial charge in [0.1, 0.15) is 6.61 Å². The highest BCUT2D eigenvalue weighted by atomic mass is 79.9. The number of alkyl halides is 3. The average molecular weight is 304 g/mol. The fraction of sp³-hybridized carbons (Fsp3) is 0.889. The van der Waals surface area contributed by atoms with Gasteiger partial charge in [-0.15, -0.1) is 0 Å². The summed E-state index contributed by atoms with van der Waals surface area (Å²) in [6.07, 6.45) is -2.42. The third-order valence-corrected chi connectivity index (χ3v) is 2.42. The zero-order chi connectivity index (χ0) is 12.4. The largest absolute Gasteiger partial charge is 0.383 e. The normalized spacial score (nSPS) is 12.8. The molecule has 0 aromatic heterocycles. The maximum Gasteiger partial charge on any atom is 0.261 e. The second-order valence-corrected chi connectivity index (χ2v) is 3.74. The lowest BCUT2D eigenvalue weighted by Crippen LogP contribution is -2.39. The molecule has 96 valence electrons. The quantitative estimate of drug-likeness (QED) is 0.514. The van der Waals surface area contributed by atoms with Crippen LogP contribution in [0.25, 0.3) is 0 Å². The molecule has 0 aromatic carbocycles. The molecule has 0 bridgehead atoms. The van der Waals surface area contributed by atoms with Crippen LogP contribution in [0.2, 0.25) is 0 Å². The molecule has 0 fully saturated rings. The van der Waals surface area contributed by atoms with Crippen LogP contribution < -0.4 is 5.32 Å². The standard InChI is InChI=1S/C9H16BrF2NO3/c1-15-5-7(4-10)13-9(14)2-3-16-6-8(11)12/h7-8H,2-6H2,1H3,(H,13,14). The van der Waals surface area contributed by atoms with Crippen molar-refractivity contribution in [2.75, 3.05) is 32.3 Å². The Morgan fingerprint density at radius 1 is 1.44 bits per heavy atom. The van der Waals surface area contributed by atoms with E-state index in [0.717, 1.165) is 0 Å². The summed E-state index contributed by atoms with van der Waals surface area (Å²) >= 11 is 3.22. The molecule has 0 aliphatic rings. The van der Waals surface area contributed by atoms with Gasteiger partial charge >= 0.3 is 0 Å². The van der Waals surface area contributed by atoms with Gasteiger partial charge in [0.05, 0.1) is 19.3 Å². The number of amides is 1. The summed E-state index contributed by atoms with van der Waals surface area (Å²) in [7, 11) is 1.54. The van der Waals surface area contributed by atoms with Crippen molar-refractivity contribution >= 4 is 21.8 Å². The summed E-state index contributed by atoms with van der Waals surface area (Å²) in [6, 6.07) is -0.118. The van der Waals surface area contributed by atoms with Crippen LogP contribution in [0.15, 0.2) is 0 Å². The van der Waals surface area contributed by atoms with Crippen LogP contribution >= 0.6 is 15.9 Å². The first-order valence-electron chi connectivity index (χ1n) is 4.80. The number of hydrogen-bond donors (Lipinski definition) is 1. The molecule has 1 amide bonds. The van der Waals surface area contributed by atoms with Gasteiger partial charge in [0.2, 0.25) is 5.91 Å². The Kier molecular flexibility index (Phi) is 9.75. The molecule has 1 atom stereocenters. The SMILES string of the molecule is COCC(CBr)NC(=O)CCOCC(F)F. The fourth-order valence-electron chi connectivity index (χ4n) is 0.963. The summed E-state index contributed by atoms with van der Waals surface area (Å²) in [6.45, 7) is -0.236. The van der Waals surface area contributed by atoms with Gasteiger partial charge in [0, 0.05) is 18.9 Å². The van der Waals surface area contributed by atoms with E-state index in [0.29, 0.717) is 11.9 Å². The maximum atomic E-state index is 11.7. The minimum absolute atomic E-state index is 0.00182. The first-order valence-corrected chi connectivity index (χ1v) is 5.92. The van der Waals surface area contributed by atoms with Crippen molar-refractivity contribution in [2.45, 2.75) is 18.9 Å². The molecule has 1 unspecified atom stereocenters. The molecular weight excluding hydrogens is 288 g/mol. The second-order valence-electron chi connectivity index (χ2n) is 3.09. The van der Waals surface area contributed by atoms with Gasteiger partial charge in [-0.05, 0) is 0 Å². The van der Waals surface area contributed by atoms with Crippen molar-refractivity contribution in [3.8, 4) is 0 Å².